The van der Waals surface area contributed by atoms with Crippen LogP contribution in [0.15, 0.2) is 12.1 Å². The van der Waals surface area contributed by atoms with Crippen LogP contribution in [-0.2, 0) is 23.6 Å². The molecule has 3 unspecified atom stereocenters. The fourth-order valence-corrected chi connectivity index (χ4v) is 10.6. The van der Waals surface area contributed by atoms with Crippen LogP contribution >= 0.6 is 0 Å². The first-order chi connectivity index (χ1) is 26.2. The smallest absolute Gasteiger partial charge is 0.487 e. The molecule has 57 heavy (non-hydrogen) atoms. The minimum absolute atomic E-state index is 0.0188. The number of amides is 2. The summed E-state index contributed by atoms with van der Waals surface area (Å²) in [6.07, 6.45) is 0.508. The summed E-state index contributed by atoms with van der Waals surface area (Å²) in [6, 6.07) is 3.28. The van der Waals surface area contributed by atoms with Crippen LogP contribution in [0, 0.1) is 22.7 Å². The number of likely N-dealkylation sites (tertiary alicyclic amines) is 2. The van der Waals surface area contributed by atoms with Crippen molar-refractivity contribution in [1.82, 2.24) is 9.80 Å². The van der Waals surface area contributed by atoms with Crippen molar-refractivity contribution in [3.8, 4) is 11.5 Å². The van der Waals surface area contributed by atoms with Crippen LogP contribution in [-0.4, -0.2) is 106 Å². The lowest BCUT2D eigenvalue weighted by Crippen LogP contribution is -2.65. The van der Waals surface area contributed by atoms with Gasteiger partial charge in [-0.05, 0) is 114 Å². The van der Waals surface area contributed by atoms with Gasteiger partial charge in [-0.25, -0.2) is 14.4 Å². The Morgan fingerprint density at radius 1 is 0.912 bits per heavy atom. The molecule has 7 fully saturated rings. The number of ether oxygens (including phenoxy) is 4. The van der Waals surface area contributed by atoms with E-state index in [1.165, 1.54) is 4.90 Å². The highest BCUT2D eigenvalue weighted by Gasteiger charge is 2.70. The molecule has 14 nitrogen and oxygen atoms in total. The molecule has 0 radical (unpaired) electrons. The summed E-state index contributed by atoms with van der Waals surface area (Å²) in [6.45, 7) is 23.7. The van der Waals surface area contributed by atoms with E-state index in [9.17, 15) is 24.3 Å². The van der Waals surface area contributed by atoms with Gasteiger partial charge in [0, 0.05) is 31.5 Å². The molecular weight excluding hydrogens is 733 g/mol. The molecule has 3 aliphatic heterocycles. The predicted octanol–water partition coefficient (Wildman–Crippen LogP) is 6.63. The Morgan fingerprint density at radius 3 is 2.11 bits per heavy atom. The van der Waals surface area contributed by atoms with Crippen LogP contribution in [0.25, 0.3) is 0 Å². The van der Waals surface area contributed by atoms with Crippen molar-refractivity contribution in [2.75, 3.05) is 19.6 Å². The molecule has 8 atom stereocenters. The third kappa shape index (κ3) is 7.17. The van der Waals surface area contributed by atoms with Crippen LogP contribution in [0.5, 0.6) is 11.5 Å². The van der Waals surface area contributed by atoms with Gasteiger partial charge in [-0.3, -0.25) is 14.6 Å². The zero-order valence-corrected chi connectivity index (χ0v) is 35.7. The molecule has 2 amide bonds. The van der Waals surface area contributed by atoms with Crippen molar-refractivity contribution >= 4 is 31.2 Å². The second kappa shape index (κ2) is 13.5. The summed E-state index contributed by atoms with van der Waals surface area (Å²) in [5, 5.41) is 10.1. The summed E-state index contributed by atoms with van der Waals surface area (Å²) in [5.74, 6) is -0.326. The number of esters is 1. The zero-order chi connectivity index (χ0) is 42.0. The molecule has 3 heterocycles. The molecule has 15 heteroatoms. The Morgan fingerprint density at radius 2 is 1.56 bits per heavy atom. The van der Waals surface area contributed by atoms with E-state index in [-0.39, 0.29) is 64.9 Å². The molecule has 0 aromatic heterocycles. The van der Waals surface area contributed by atoms with E-state index >= 15 is 0 Å². The van der Waals surface area contributed by atoms with Crippen LogP contribution in [0.3, 0.4) is 0 Å². The quantitative estimate of drug-likeness (QED) is 0.164. The van der Waals surface area contributed by atoms with Gasteiger partial charge in [0.1, 0.15) is 34.2 Å². The molecule has 3 N–H and O–H groups in total. The molecule has 0 spiro atoms. The summed E-state index contributed by atoms with van der Waals surface area (Å²) in [5.41, 5.74) is 2.48. The second-order valence-electron chi connectivity index (χ2n) is 21.2. The Balaban J connectivity index is 1.16. The number of nitrogens with two attached hydrogens (primary N) is 1. The molecule has 3 saturated heterocycles. The monoisotopic (exact) mass is 795 g/mol. The molecule has 1 aromatic carbocycles. The zero-order valence-electron chi connectivity index (χ0n) is 35.7. The Hall–Kier alpha value is -3.56. The normalized spacial score (nSPS) is 33.5. The molecule has 2 bridgehead atoms. The maximum absolute atomic E-state index is 14.2. The number of carbonyl (C=O) groups excluding carboxylic acids is 3. The Labute approximate surface area is 336 Å². The van der Waals surface area contributed by atoms with Gasteiger partial charge in [0.2, 0.25) is 5.91 Å². The lowest BCUT2D eigenvalue weighted by Gasteiger charge is -2.64. The van der Waals surface area contributed by atoms with Crippen molar-refractivity contribution in [2.45, 2.75) is 161 Å². The van der Waals surface area contributed by atoms with E-state index < -0.39 is 59.5 Å². The van der Waals surface area contributed by atoms with Crippen LogP contribution < -0.4 is 15.2 Å². The number of nitrogens with zero attached hydrogens (tertiary/aromatic N) is 2. The average molecular weight is 796 g/mol. The van der Waals surface area contributed by atoms with Gasteiger partial charge in [-0.1, -0.05) is 40.7 Å². The van der Waals surface area contributed by atoms with Gasteiger partial charge in [0.15, 0.2) is 5.75 Å². The fraction of sp³-hybridized carbons (Fsp3) is 0.762. The first kappa shape index (κ1) is 41.6. The number of carboxylic acid groups (broad SMARTS) is 1. The van der Waals surface area contributed by atoms with Crippen molar-refractivity contribution in [3.05, 3.63) is 23.3 Å². The Bertz CT molecular complexity index is 1830. The first-order valence-corrected chi connectivity index (χ1v) is 20.5. The van der Waals surface area contributed by atoms with E-state index in [1.54, 1.807) is 47.6 Å². The van der Waals surface area contributed by atoms with Crippen molar-refractivity contribution < 1.29 is 52.5 Å². The van der Waals surface area contributed by atoms with Crippen LogP contribution in [0.2, 0.25) is 5.82 Å². The van der Waals surface area contributed by atoms with E-state index in [0.717, 1.165) is 12.8 Å². The number of benzene rings is 1. The van der Waals surface area contributed by atoms with Crippen molar-refractivity contribution in [1.29, 1.82) is 0 Å². The molecule has 314 valence electrons. The van der Waals surface area contributed by atoms with Crippen LogP contribution in [0.1, 0.15) is 131 Å². The number of carbonyl (C=O) groups is 4. The SMILES string of the molecule is CC(C)(C)OC(=O)Oc1c(C2CC2B2OC3C[C@@H]4C[C@@H](C4(C)C)[C@]3(C)O2)ccc(OC2CN([C@@H]3CN(C(=O)O)[C@](C(N)=O)(C(C)(C)C)C3)C2)c1C(=O)OC(C)(C)C. The summed E-state index contributed by atoms with van der Waals surface area (Å²) < 4.78 is 37.5. The summed E-state index contributed by atoms with van der Waals surface area (Å²) >= 11 is 0. The maximum Gasteiger partial charge on any atom is 0.514 e. The average Bonchev–Trinajstić information content (AvgIpc) is 3.56. The van der Waals surface area contributed by atoms with Gasteiger partial charge in [0.25, 0.3) is 0 Å². The largest absolute Gasteiger partial charge is 0.514 e. The molecular formula is C42H62BN3O11. The lowest BCUT2D eigenvalue weighted by molar-refractivity contribution is -0.199. The standard InChI is InChI=1S/C42H62BN3O11/c1-37(2,3)42(34(44)48)18-23(19-46(42)35(49)50)45-20-24(21-45)52-28-14-13-25(32(53-36(51)55-39(7,8)9)31(28)33(47)54-38(4,5)6)26-17-27(26)43-56-30-16-22-15-29(40(22,10)11)41(30,12)57-43/h13-14,22-24,26-27,29-30H,15-21H2,1-12H3,(H2,44,48)(H,49,50)/t22-,23-,26?,27?,29-,30?,41-,42+/m0/s1. The minimum atomic E-state index is -1.38. The number of rotatable bonds is 8. The lowest BCUT2D eigenvalue weighted by atomic mass is 9.43. The van der Waals surface area contributed by atoms with Gasteiger partial charge in [-0.2, -0.15) is 0 Å². The third-order valence-corrected chi connectivity index (χ3v) is 13.8. The third-order valence-electron chi connectivity index (χ3n) is 13.8. The van der Waals surface area contributed by atoms with Gasteiger partial charge in [0.05, 0.1) is 11.7 Å². The number of hydrogen-bond acceptors (Lipinski definition) is 11. The topological polar surface area (TPSA) is 176 Å². The maximum atomic E-state index is 14.2. The first-order valence-electron chi connectivity index (χ1n) is 20.5. The van der Waals surface area contributed by atoms with Crippen molar-refractivity contribution in [3.63, 3.8) is 0 Å². The minimum Gasteiger partial charge on any atom is -0.487 e. The van der Waals surface area contributed by atoms with E-state index in [1.807, 2.05) is 26.8 Å². The highest BCUT2D eigenvalue weighted by molar-refractivity contribution is 6.49. The Kier molecular flexibility index (Phi) is 9.84. The van der Waals surface area contributed by atoms with E-state index in [4.69, 9.17) is 34.0 Å². The van der Waals surface area contributed by atoms with Crippen LogP contribution in [0.4, 0.5) is 9.59 Å². The summed E-state index contributed by atoms with van der Waals surface area (Å²) in [4.78, 5) is 56.2. The molecule has 1 aromatic rings. The van der Waals surface area contributed by atoms with Gasteiger partial charge in [-0.15, -0.1) is 0 Å². The van der Waals surface area contributed by atoms with Gasteiger partial charge < -0.3 is 39.1 Å². The van der Waals surface area contributed by atoms with Gasteiger partial charge >= 0.3 is 25.3 Å². The second-order valence-corrected chi connectivity index (χ2v) is 21.2. The van der Waals surface area contributed by atoms with E-state index in [0.29, 0.717) is 36.9 Å². The van der Waals surface area contributed by atoms with Crippen molar-refractivity contribution in [2.24, 2.45) is 28.4 Å². The number of primary amides is 1. The highest BCUT2D eigenvalue weighted by Crippen LogP contribution is 2.68. The summed E-state index contributed by atoms with van der Waals surface area (Å²) in [7, 11) is -0.435. The molecule has 7 aliphatic rings. The molecule has 4 aliphatic carbocycles. The fourth-order valence-electron chi connectivity index (χ4n) is 10.6. The predicted molar refractivity (Wildman–Crippen MR) is 210 cm³/mol. The number of hydrogen-bond donors (Lipinski definition) is 2. The molecule has 4 saturated carbocycles. The van der Waals surface area contributed by atoms with E-state index in [2.05, 4.69) is 25.7 Å². The molecule has 8 rings (SSSR count). The highest BCUT2D eigenvalue weighted by atomic mass is 16.7.